The van der Waals surface area contributed by atoms with Gasteiger partial charge in [0.15, 0.2) is 0 Å². The molecule has 0 spiro atoms. The monoisotopic (exact) mass is 302 g/mol. The number of para-hydroxylation sites is 1. The Morgan fingerprint density at radius 3 is 2.67 bits per heavy atom. The molecule has 0 atom stereocenters. The van der Waals surface area contributed by atoms with Gasteiger partial charge in [-0.05, 0) is 31.2 Å². The van der Waals surface area contributed by atoms with E-state index < -0.39 is 11.8 Å². The summed E-state index contributed by atoms with van der Waals surface area (Å²) in [5.74, 6) is -1.54. The van der Waals surface area contributed by atoms with Crippen LogP contribution in [0.5, 0.6) is 0 Å². The van der Waals surface area contributed by atoms with Crippen molar-refractivity contribution in [3.05, 3.63) is 58.9 Å². The number of halogens is 1. The molecule has 106 valence electrons. The standard InChI is InChI=1S/C15H11FN2O2S/c1-9-6-7-13(21-9)14-10(15(19)20)8-18(17-14)12-5-3-2-4-11(12)16/h2-8H,1H3,(H,19,20). The van der Waals surface area contributed by atoms with E-state index in [1.807, 2.05) is 19.1 Å². The number of rotatable bonds is 3. The number of hydrogen-bond donors (Lipinski definition) is 1. The third-order valence-electron chi connectivity index (χ3n) is 3.02. The van der Waals surface area contributed by atoms with Crippen LogP contribution in [0.25, 0.3) is 16.3 Å². The van der Waals surface area contributed by atoms with Crippen LogP contribution in [-0.2, 0) is 0 Å². The molecule has 3 rings (SSSR count). The van der Waals surface area contributed by atoms with Crippen molar-refractivity contribution in [3.63, 3.8) is 0 Å². The second-order valence-electron chi connectivity index (χ2n) is 4.50. The van der Waals surface area contributed by atoms with Gasteiger partial charge in [0, 0.05) is 11.1 Å². The minimum Gasteiger partial charge on any atom is -0.478 e. The Bertz CT molecular complexity index is 823. The van der Waals surface area contributed by atoms with Gasteiger partial charge >= 0.3 is 5.97 Å². The zero-order valence-electron chi connectivity index (χ0n) is 11.1. The molecule has 0 aliphatic rings. The van der Waals surface area contributed by atoms with Gasteiger partial charge in [-0.3, -0.25) is 0 Å². The Morgan fingerprint density at radius 2 is 2.05 bits per heavy atom. The van der Waals surface area contributed by atoms with E-state index in [2.05, 4.69) is 5.10 Å². The molecule has 2 heterocycles. The number of carboxylic acid groups (broad SMARTS) is 1. The third kappa shape index (κ3) is 2.45. The van der Waals surface area contributed by atoms with Gasteiger partial charge < -0.3 is 5.11 Å². The van der Waals surface area contributed by atoms with Crippen molar-refractivity contribution >= 4 is 17.3 Å². The first kappa shape index (κ1) is 13.5. The summed E-state index contributed by atoms with van der Waals surface area (Å²) in [5.41, 5.74) is 0.628. The average molecular weight is 302 g/mol. The van der Waals surface area contributed by atoms with Crippen LogP contribution in [0.15, 0.2) is 42.6 Å². The molecule has 0 radical (unpaired) electrons. The molecule has 0 amide bonds. The summed E-state index contributed by atoms with van der Waals surface area (Å²) in [7, 11) is 0. The molecule has 4 nitrogen and oxygen atoms in total. The van der Waals surface area contributed by atoms with Crippen molar-refractivity contribution < 1.29 is 14.3 Å². The SMILES string of the molecule is Cc1ccc(-c2nn(-c3ccccc3F)cc2C(=O)O)s1. The van der Waals surface area contributed by atoms with E-state index in [-0.39, 0.29) is 11.3 Å². The number of benzene rings is 1. The van der Waals surface area contributed by atoms with Crippen LogP contribution in [0, 0.1) is 12.7 Å². The van der Waals surface area contributed by atoms with Crippen molar-refractivity contribution in [2.45, 2.75) is 6.92 Å². The van der Waals surface area contributed by atoms with Crippen molar-refractivity contribution in [1.29, 1.82) is 0 Å². The van der Waals surface area contributed by atoms with E-state index in [0.29, 0.717) is 5.69 Å². The molecule has 0 bridgehead atoms. The predicted octanol–water partition coefficient (Wildman–Crippen LogP) is 3.75. The number of aromatic nitrogens is 2. The maximum Gasteiger partial charge on any atom is 0.339 e. The molecule has 1 aromatic carbocycles. The number of nitrogens with zero attached hydrogens (tertiary/aromatic N) is 2. The summed E-state index contributed by atoms with van der Waals surface area (Å²) < 4.78 is 15.1. The van der Waals surface area contributed by atoms with Crippen LogP contribution in [-0.4, -0.2) is 20.9 Å². The molecule has 0 fully saturated rings. The first-order valence-electron chi connectivity index (χ1n) is 6.21. The highest BCUT2D eigenvalue weighted by atomic mass is 32.1. The van der Waals surface area contributed by atoms with Crippen molar-refractivity contribution in [1.82, 2.24) is 9.78 Å². The summed E-state index contributed by atoms with van der Waals surface area (Å²) in [6.07, 6.45) is 1.34. The fraction of sp³-hybridized carbons (Fsp3) is 0.0667. The number of aromatic carboxylic acids is 1. The lowest BCUT2D eigenvalue weighted by Gasteiger charge is -2.01. The molecule has 6 heteroatoms. The predicted molar refractivity (Wildman–Crippen MR) is 78.5 cm³/mol. The minimum absolute atomic E-state index is 0.0557. The molecular formula is C15H11FN2O2S. The van der Waals surface area contributed by atoms with Gasteiger partial charge in [-0.1, -0.05) is 12.1 Å². The Kier molecular flexibility index (Phi) is 3.31. The molecule has 0 saturated heterocycles. The normalized spacial score (nSPS) is 10.8. The highest BCUT2D eigenvalue weighted by molar-refractivity contribution is 7.15. The van der Waals surface area contributed by atoms with E-state index in [0.717, 1.165) is 9.75 Å². The van der Waals surface area contributed by atoms with Crippen LogP contribution in [0.2, 0.25) is 0 Å². The minimum atomic E-state index is -1.08. The summed E-state index contributed by atoms with van der Waals surface area (Å²) in [5, 5.41) is 13.6. The Balaban J connectivity index is 2.18. The number of carbonyl (C=O) groups is 1. The topological polar surface area (TPSA) is 55.1 Å². The smallest absolute Gasteiger partial charge is 0.339 e. The molecule has 0 aliphatic heterocycles. The van der Waals surface area contributed by atoms with Gasteiger partial charge in [0.25, 0.3) is 0 Å². The maximum atomic E-state index is 13.8. The Labute approximate surface area is 124 Å². The zero-order chi connectivity index (χ0) is 15.0. The highest BCUT2D eigenvalue weighted by Gasteiger charge is 2.19. The summed E-state index contributed by atoms with van der Waals surface area (Å²) in [4.78, 5) is 13.2. The second kappa shape index (κ2) is 5.14. The van der Waals surface area contributed by atoms with E-state index in [9.17, 15) is 14.3 Å². The van der Waals surface area contributed by atoms with E-state index in [4.69, 9.17) is 0 Å². The van der Waals surface area contributed by atoms with Crippen LogP contribution in [0.4, 0.5) is 4.39 Å². The third-order valence-corrected chi connectivity index (χ3v) is 4.03. The number of aryl methyl sites for hydroxylation is 1. The first-order chi connectivity index (χ1) is 10.1. The van der Waals surface area contributed by atoms with Gasteiger partial charge in [0.1, 0.15) is 22.8 Å². The van der Waals surface area contributed by atoms with Crippen LogP contribution in [0.3, 0.4) is 0 Å². The molecule has 3 aromatic rings. The number of thiophene rings is 1. The number of carboxylic acids is 1. The second-order valence-corrected chi connectivity index (χ2v) is 5.79. The lowest BCUT2D eigenvalue weighted by Crippen LogP contribution is -1.98. The van der Waals surface area contributed by atoms with Crippen LogP contribution in [0.1, 0.15) is 15.2 Å². The summed E-state index contributed by atoms with van der Waals surface area (Å²) in [6, 6.07) is 9.83. The largest absolute Gasteiger partial charge is 0.478 e. The lowest BCUT2D eigenvalue weighted by molar-refractivity contribution is 0.0697. The fourth-order valence-corrected chi connectivity index (χ4v) is 2.90. The maximum absolute atomic E-state index is 13.8. The van der Waals surface area contributed by atoms with E-state index >= 15 is 0 Å². The average Bonchev–Trinajstić information content (AvgIpc) is 3.05. The fourth-order valence-electron chi connectivity index (χ4n) is 2.04. The first-order valence-corrected chi connectivity index (χ1v) is 7.02. The van der Waals surface area contributed by atoms with Crippen molar-refractivity contribution in [3.8, 4) is 16.3 Å². The molecule has 0 saturated carbocycles. The highest BCUT2D eigenvalue weighted by Crippen LogP contribution is 2.30. The van der Waals surface area contributed by atoms with E-state index in [1.165, 1.54) is 28.3 Å². The molecule has 0 unspecified atom stereocenters. The summed E-state index contributed by atoms with van der Waals surface area (Å²) in [6.45, 7) is 1.93. The Morgan fingerprint density at radius 1 is 1.29 bits per heavy atom. The van der Waals surface area contributed by atoms with E-state index in [1.54, 1.807) is 18.2 Å². The van der Waals surface area contributed by atoms with Crippen molar-refractivity contribution in [2.24, 2.45) is 0 Å². The quantitative estimate of drug-likeness (QED) is 0.801. The van der Waals surface area contributed by atoms with Gasteiger partial charge in [0.2, 0.25) is 0 Å². The zero-order valence-corrected chi connectivity index (χ0v) is 11.9. The van der Waals surface area contributed by atoms with Crippen molar-refractivity contribution in [2.75, 3.05) is 0 Å². The van der Waals surface area contributed by atoms with Crippen LogP contribution >= 0.6 is 11.3 Å². The molecule has 0 aliphatic carbocycles. The molecule has 1 N–H and O–H groups in total. The van der Waals surface area contributed by atoms with Gasteiger partial charge in [0.05, 0.1) is 4.88 Å². The lowest BCUT2D eigenvalue weighted by atomic mass is 10.2. The molecule has 2 aromatic heterocycles. The number of hydrogen-bond acceptors (Lipinski definition) is 3. The molecular weight excluding hydrogens is 291 g/mol. The molecule has 21 heavy (non-hydrogen) atoms. The summed E-state index contributed by atoms with van der Waals surface area (Å²) >= 11 is 1.45. The van der Waals surface area contributed by atoms with Crippen LogP contribution < -0.4 is 0 Å². The van der Waals surface area contributed by atoms with Gasteiger partial charge in [-0.2, -0.15) is 5.10 Å². The van der Waals surface area contributed by atoms with Gasteiger partial charge in [-0.15, -0.1) is 11.3 Å². The Hall–Kier alpha value is -2.47. The van der Waals surface area contributed by atoms with Gasteiger partial charge in [-0.25, -0.2) is 13.9 Å².